The molecule has 0 saturated carbocycles. The Morgan fingerprint density at radius 1 is 1.21 bits per heavy atom. The van der Waals surface area contributed by atoms with Crippen molar-refractivity contribution in [3.05, 3.63) is 59.0 Å². The molecule has 19 heavy (non-hydrogen) atoms. The van der Waals surface area contributed by atoms with Crippen LogP contribution < -0.4 is 5.73 Å². The van der Waals surface area contributed by atoms with Gasteiger partial charge in [0.05, 0.1) is 12.4 Å². The van der Waals surface area contributed by atoms with Gasteiger partial charge in [0, 0.05) is 23.9 Å². The number of hydrogen-bond acceptors (Lipinski definition) is 3. The summed E-state index contributed by atoms with van der Waals surface area (Å²) in [4.78, 5) is 0. The van der Waals surface area contributed by atoms with Crippen molar-refractivity contribution < 1.29 is 9.52 Å². The molecule has 2 rings (SSSR count). The molecule has 3 N–H and O–H groups in total. The molecular weight excluding hydrogens is 262 g/mol. The first-order valence-electron chi connectivity index (χ1n) is 6.37. The standard InChI is InChI=1S/C15H18ClNO2/c16-14-6-2-1-5-12(14)13(10-17)15(18)8-7-11-4-3-9-19-11/h1-6,9,13,15,18H,7-8,10,17H2. The van der Waals surface area contributed by atoms with Crippen molar-refractivity contribution in [3.63, 3.8) is 0 Å². The minimum absolute atomic E-state index is 0.149. The number of aryl methyl sites for hydroxylation is 1. The molecule has 0 amide bonds. The lowest BCUT2D eigenvalue weighted by molar-refractivity contribution is 0.134. The Hall–Kier alpha value is -1.29. The lowest BCUT2D eigenvalue weighted by atomic mass is 9.90. The minimum Gasteiger partial charge on any atom is -0.469 e. The van der Waals surface area contributed by atoms with E-state index >= 15 is 0 Å². The molecule has 0 fully saturated rings. The molecule has 1 heterocycles. The highest BCUT2D eigenvalue weighted by Crippen LogP contribution is 2.28. The number of nitrogens with two attached hydrogens (primary N) is 1. The van der Waals surface area contributed by atoms with Crippen LogP contribution in [0.4, 0.5) is 0 Å². The maximum atomic E-state index is 10.3. The molecule has 1 aromatic heterocycles. The molecule has 2 aromatic rings. The van der Waals surface area contributed by atoms with Crippen molar-refractivity contribution in [2.24, 2.45) is 5.73 Å². The third-order valence-electron chi connectivity index (χ3n) is 3.29. The van der Waals surface area contributed by atoms with Gasteiger partial charge in [-0.3, -0.25) is 0 Å². The van der Waals surface area contributed by atoms with Crippen molar-refractivity contribution in [2.45, 2.75) is 24.9 Å². The van der Waals surface area contributed by atoms with Gasteiger partial charge in [0.1, 0.15) is 5.76 Å². The molecule has 102 valence electrons. The summed E-state index contributed by atoms with van der Waals surface area (Å²) in [5.74, 6) is 0.720. The highest BCUT2D eigenvalue weighted by molar-refractivity contribution is 6.31. The molecule has 0 radical (unpaired) electrons. The third-order valence-corrected chi connectivity index (χ3v) is 3.63. The molecule has 0 spiro atoms. The molecule has 0 aliphatic rings. The first kappa shape index (κ1) is 14.1. The first-order valence-corrected chi connectivity index (χ1v) is 6.75. The summed E-state index contributed by atoms with van der Waals surface area (Å²) in [5, 5.41) is 11.0. The van der Waals surface area contributed by atoms with E-state index in [4.69, 9.17) is 21.8 Å². The van der Waals surface area contributed by atoms with E-state index in [-0.39, 0.29) is 5.92 Å². The summed E-state index contributed by atoms with van der Waals surface area (Å²) in [7, 11) is 0. The van der Waals surface area contributed by atoms with E-state index in [2.05, 4.69) is 0 Å². The quantitative estimate of drug-likeness (QED) is 0.855. The average Bonchev–Trinajstić information content (AvgIpc) is 2.92. The predicted molar refractivity (Wildman–Crippen MR) is 76.3 cm³/mol. The Bertz CT molecular complexity index is 499. The SMILES string of the molecule is NCC(c1ccccc1Cl)C(O)CCc1ccco1. The maximum absolute atomic E-state index is 10.3. The van der Waals surface area contributed by atoms with Crippen LogP contribution in [0.1, 0.15) is 23.7 Å². The molecular formula is C15H18ClNO2. The van der Waals surface area contributed by atoms with Crippen LogP contribution in [0.25, 0.3) is 0 Å². The molecule has 2 unspecified atom stereocenters. The van der Waals surface area contributed by atoms with Gasteiger partial charge in [-0.2, -0.15) is 0 Å². The second-order valence-corrected chi connectivity index (χ2v) is 4.96. The van der Waals surface area contributed by atoms with Gasteiger partial charge in [-0.1, -0.05) is 29.8 Å². The number of hydrogen-bond donors (Lipinski definition) is 2. The van der Waals surface area contributed by atoms with Crippen LogP contribution >= 0.6 is 11.6 Å². The predicted octanol–water partition coefficient (Wildman–Crippen LogP) is 2.97. The third kappa shape index (κ3) is 3.60. The lowest BCUT2D eigenvalue weighted by Gasteiger charge is -2.22. The number of aliphatic hydroxyl groups excluding tert-OH is 1. The highest BCUT2D eigenvalue weighted by Gasteiger charge is 2.21. The van der Waals surface area contributed by atoms with Crippen LogP contribution in [-0.4, -0.2) is 17.8 Å². The van der Waals surface area contributed by atoms with Crippen LogP contribution in [0.2, 0.25) is 5.02 Å². The zero-order valence-corrected chi connectivity index (χ0v) is 11.4. The van der Waals surface area contributed by atoms with Crippen LogP contribution in [0, 0.1) is 0 Å². The van der Waals surface area contributed by atoms with E-state index in [1.54, 1.807) is 6.26 Å². The van der Waals surface area contributed by atoms with Crippen molar-refractivity contribution in [3.8, 4) is 0 Å². The Balaban J connectivity index is 2.03. The number of rotatable bonds is 6. The summed E-state index contributed by atoms with van der Waals surface area (Å²) in [6.07, 6.45) is 2.39. The molecule has 0 aliphatic heterocycles. The van der Waals surface area contributed by atoms with E-state index < -0.39 is 6.10 Å². The first-order chi connectivity index (χ1) is 9.22. The van der Waals surface area contributed by atoms with Crippen LogP contribution in [0.3, 0.4) is 0 Å². The van der Waals surface area contributed by atoms with Gasteiger partial charge in [-0.05, 0) is 30.2 Å². The largest absolute Gasteiger partial charge is 0.469 e. The van der Waals surface area contributed by atoms with Gasteiger partial charge < -0.3 is 15.3 Å². The second kappa shape index (κ2) is 6.75. The van der Waals surface area contributed by atoms with Crippen LogP contribution in [0.5, 0.6) is 0 Å². The maximum Gasteiger partial charge on any atom is 0.103 e. The zero-order chi connectivity index (χ0) is 13.7. The Labute approximate surface area is 118 Å². The number of benzene rings is 1. The van der Waals surface area contributed by atoms with Crippen molar-refractivity contribution >= 4 is 11.6 Å². The van der Waals surface area contributed by atoms with E-state index in [0.717, 1.165) is 11.3 Å². The van der Waals surface area contributed by atoms with Gasteiger partial charge >= 0.3 is 0 Å². The smallest absolute Gasteiger partial charge is 0.103 e. The summed E-state index contributed by atoms with van der Waals surface area (Å²) in [6, 6.07) is 11.3. The molecule has 0 saturated heterocycles. The van der Waals surface area contributed by atoms with Gasteiger partial charge in [0.2, 0.25) is 0 Å². The average molecular weight is 280 g/mol. The zero-order valence-electron chi connectivity index (χ0n) is 10.6. The second-order valence-electron chi connectivity index (χ2n) is 4.55. The molecule has 1 aromatic carbocycles. The number of furan rings is 1. The van der Waals surface area contributed by atoms with Gasteiger partial charge in [0.15, 0.2) is 0 Å². The van der Waals surface area contributed by atoms with E-state index in [0.29, 0.717) is 24.4 Å². The lowest BCUT2D eigenvalue weighted by Crippen LogP contribution is -2.26. The van der Waals surface area contributed by atoms with E-state index in [9.17, 15) is 5.11 Å². The molecule has 0 aliphatic carbocycles. The fraction of sp³-hybridized carbons (Fsp3) is 0.333. The van der Waals surface area contributed by atoms with Crippen molar-refractivity contribution in [1.29, 1.82) is 0 Å². The number of halogens is 1. The van der Waals surface area contributed by atoms with Crippen molar-refractivity contribution in [2.75, 3.05) is 6.54 Å². The highest BCUT2D eigenvalue weighted by atomic mass is 35.5. The van der Waals surface area contributed by atoms with Crippen LogP contribution in [-0.2, 0) is 6.42 Å². The summed E-state index contributed by atoms with van der Waals surface area (Å²) < 4.78 is 5.26. The topological polar surface area (TPSA) is 59.4 Å². The normalized spacial score (nSPS) is 14.3. The summed E-state index contributed by atoms with van der Waals surface area (Å²) in [6.45, 7) is 0.364. The number of aliphatic hydroxyl groups is 1. The van der Waals surface area contributed by atoms with Gasteiger partial charge in [-0.25, -0.2) is 0 Å². The Kier molecular flexibility index (Phi) is 5.02. The minimum atomic E-state index is -0.532. The fourth-order valence-corrected chi connectivity index (χ4v) is 2.49. The van der Waals surface area contributed by atoms with Gasteiger partial charge in [0.25, 0.3) is 0 Å². The van der Waals surface area contributed by atoms with E-state index in [1.165, 1.54) is 0 Å². The molecule has 0 bridgehead atoms. The Morgan fingerprint density at radius 3 is 2.63 bits per heavy atom. The molecule has 2 atom stereocenters. The summed E-state index contributed by atoms with van der Waals surface area (Å²) in [5.41, 5.74) is 6.68. The Morgan fingerprint density at radius 2 is 2.00 bits per heavy atom. The molecule has 4 heteroatoms. The van der Waals surface area contributed by atoms with E-state index in [1.807, 2.05) is 36.4 Å². The fourth-order valence-electron chi connectivity index (χ4n) is 2.21. The monoisotopic (exact) mass is 279 g/mol. The van der Waals surface area contributed by atoms with Gasteiger partial charge in [-0.15, -0.1) is 0 Å². The summed E-state index contributed by atoms with van der Waals surface area (Å²) >= 11 is 6.16. The van der Waals surface area contributed by atoms with Crippen molar-refractivity contribution in [1.82, 2.24) is 0 Å². The molecule has 3 nitrogen and oxygen atoms in total. The van der Waals surface area contributed by atoms with Crippen LogP contribution in [0.15, 0.2) is 47.1 Å².